The Balaban J connectivity index is 1.62. The Morgan fingerprint density at radius 3 is 2.67 bits per heavy atom. The first-order valence-corrected chi connectivity index (χ1v) is 8.78. The first-order chi connectivity index (χ1) is 11.5. The van der Waals surface area contributed by atoms with Crippen LogP contribution < -0.4 is 0 Å². The predicted octanol–water partition coefficient (Wildman–Crippen LogP) is 3.83. The van der Waals surface area contributed by atoms with E-state index in [2.05, 4.69) is 24.0 Å². The van der Waals surface area contributed by atoms with Crippen molar-refractivity contribution in [3.05, 3.63) is 35.2 Å². The van der Waals surface area contributed by atoms with Crippen molar-refractivity contribution in [3.63, 3.8) is 0 Å². The summed E-state index contributed by atoms with van der Waals surface area (Å²) in [5.41, 5.74) is 0.863. The summed E-state index contributed by atoms with van der Waals surface area (Å²) in [6.45, 7) is 5.64. The van der Waals surface area contributed by atoms with E-state index in [1.165, 1.54) is 0 Å². The highest BCUT2D eigenvalue weighted by molar-refractivity contribution is 6.30. The minimum Gasteiger partial charge on any atom is -0.342 e. The fourth-order valence-corrected chi connectivity index (χ4v) is 2.75. The summed E-state index contributed by atoms with van der Waals surface area (Å²) in [7, 11) is 0. The molecule has 1 heterocycles. The average molecular weight is 348 g/mol. The van der Waals surface area contributed by atoms with Gasteiger partial charge in [-0.05, 0) is 43.0 Å². The third kappa shape index (κ3) is 4.35. The maximum atomic E-state index is 12.4. The molecule has 1 amide bonds. The van der Waals surface area contributed by atoms with Gasteiger partial charge in [-0.25, -0.2) is 0 Å². The van der Waals surface area contributed by atoms with Crippen molar-refractivity contribution in [1.82, 2.24) is 15.0 Å². The quantitative estimate of drug-likeness (QED) is 0.763. The summed E-state index contributed by atoms with van der Waals surface area (Å²) in [4.78, 5) is 18.7. The van der Waals surface area contributed by atoms with Gasteiger partial charge in [-0.1, -0.05) is 30.6 Å². The molecular weight excluding hydrogens is 326 g/mol. The molecule has 0 radical (unpaired) electrons. The molecule has 1 aliphatic rings. The highest BCUT2D eigenvalue weighted by Crippen LogP contribution is 2.31. The summed E-state index contributed by atoms with van der Waals surface area (Å²) in [6.07, 6.45) is 2.62. The molecule has 6 heteroatoms. The van der Waals surface area contributed by atoms with Gasteiger partial charge in [0, 0.05) is 36.0 Å². The van der Waals surface area contributed by atoms with Crippen LogP contribution in [0.2, 0.25) is 5.02 Å². The van der Waals surface area contributed by atoms with Crippen molar-refractivity contribution in [1.29, 1.82) is 0 Å². The van der Waals surface area contributed by atoms with E-state index in [-0.39, 0.29) is 11.8 Å². The van der Waals surface area contributed by atoms with E-state index in [0.29, 0.717) is 35.6 Å². The predicted molar refractivity (Wildman–Crippen MR) is 92.6 cm³/mol. The van der Waals surface area contributed by atoms with Crippen LogP contribution in [0.25, 0.3) is 11.4 Å². The maximum Gasteiger partial charge on any atom is 0.228 e. The Kier molecular flexibility index (Phi) is 5.19. The minimum atomic E-state index is 0.232. The van der Waals surface area contributed by atoms with Crippen LogP contribution in [-0.4, -0.2) is 34.0 Å². The Morgan fingerprint density at radius 2 is 2.04 bits per heavy atom. The number of amides is 1. The van der Waals surface area contributed by atoms with E-state index >= 15 is 0 Å². The monoisotopic (exact) mass is 347 g/mol. The molecule has 128 valence electrons. The Labute approximate surface area is 147 Å². The van der Waals surface area contributed by atoms with Gasteiger partial charge >= 0.3 is 0 Å². The number of hydrogen-bond donors (Lipinski definition) is 0. The number of hydrogen-bond acceptors (Lipinski definition) is 4. The van der Waals surface area contributed by atoms with E-state index in [1.54, 1.807) is 12.1 Å². The third-order valence-electron chi connectivity index (χ3n) is 3.99. The van der Waals surface area contributed by atoms with E-state index in [9.17, 15) is 4.79 Å². The lowest BCUT2D eigenvalue weighted by Crippen LogP contribution is -2.36. The third-order valence-corrected chi connectivity index (χ3v) is 4.24. The lowest BCUT2D eigenvalue weighted by atomic mass is 10.2. The van der Waals surface area contributed by atoms with Crippen LogP contribution in [0.15, 0.2) is 28.8 Å². The van der Waals surface area contributed by atoms with Gasteiger partial charge < -0.3 is 9.42 Å². The second-order valence-electron chi connectivity index (χ2n) is 6.72. The zero-order valence-corrected chi connectivity index (χ0v) is 14.8. The molecule has 0 N–H and O–H groups in total. The topological polar surface area (TPSA) is 59.2 Å². The van der Waals surface area contributed by atoms with Crippen molar-refractivity contribution < 1.29 is 9.32 Å². The molecule has 1 aromatic carbocycles. The van der Waals surface area contributed by atoms with Crippen LogP contribution in [0.5, 0.6) is 0 Å². The molecule has 0 atom stereocenters. The minimum absolute atomic E-state index is 0.232. The SMILES string of the molecule is CC(C)CN(CCc1nc(-c2ccc(Cl)cc2)no1)C(=O)C1CC1. The summed E-state index contributed by atoms with van der Waals surface area (Å²) in [5.74, 6) is 2.04. The summed E-state index contributed by atoms with van der Waals surface area (Å²) in [6, 6.07) is 7.31. The summed E-state index contributed by atoms with van der Waals surface area (Å²) in [5, 5.41) is 4.69. The second-order valence-corrected chi connectivity index (χ2v) is 7.16. The zero-order valence-electron chi connectivity index (χ0n) is 14.0. The van der Waals surface area contributed by atoms with Crippen LogP contribution in [0.1, 0.15) is 32.6 Å². The maximum absolute atomic E-state index is 12.4. The van der Waals surface area contributed by atoms with Gasteiger partial charge in [-0.2, -0.15) is 4.98 Å². The van der Waals surface area contributed by atoms with Crippen molar-refractivity contribution in [2.75, 3.05) is 13.1 Å². The normalized spacial score (nSPS) is 14.2. The molecule has 0 saturated heterocycles. The standard InChI is InChI=1S/C18H22ClN3O2/c1-12(2)11-22(18(23)14-3-4-14)10-9-16-20-17(21-24-16)13-5-7-15(19)8-6-13/h5-8,12,14H,3-4,9-11H2,1-2H3. The highest BCUT2D eigenvalue weighted by Gasteiger charge is 2.33. The molecule has 24 heavy (non-hydrogen) atoms. The van der Waals surface area contributed by atoms with E-state index < -0.39 is 0 Å². The van der Waals surface area contributed by atoms with E-state index in [0.717, 1.165) is 24.9 Å². The molecule has 1 aliphatic carbocycles. The van der Waals surface area contributed by atoms with Gasteiger partial charge in [0.2, 0.25) is 17.6 Å². The number of carbonyl (C=O) groups is 1. The zero-order chi connectivity index (χ0) is 17.1. The molecule has 0 unspecified atom stereocenters. The van der Waals surface area contributed by atoms with Gasteiger partial charge in [0.1, 0.15) is 0 Å². The molecule has 0 spiro atoms. The first kappa shape index (κ1) is 17.0. The lowest BCUT2D eigenvalue weighted by Gasteiger charge is -2.24. The number of halogens is 1. The van der Waals surface area contributed by atoms with Crippen molar-refractivity contribution in [3.8, 4) is 11.4 Å². The first-order valence-electron chi connectivity index (χ1n) is 8.40. The van der Waals surface area contributed by atoms with E-state index in [4.69, 9.17) is 16.1 Å². The Bertz CT molecular complexity index is 693. The number of benzene rings is 1. The molecular formula is C18H22ClN3O2. The molecule has 2 aromatic rings. The van der Waals surface area contributed by atoms with Gasteiger partial charge in [-0.15, -0.1) is 0 Å². The summed E-state index contributed by atoms with van der Waals surface area (Å²) < 4.78 is 5.33. The van der Waals surface area contributed by atoms with Crippen LogP contribution in [0.3, 0.4) is 0 Å². The molecule has 1 fully saturated rings. The number of carbonyl (C=O) groups excluding carboxylic acids is 1. The molecule has 0 bridgehead atoms. The molecule has 0 aliphatic heterocycles. The number of nitrogens with zero attached hydrogens (tertiary/aromatic N) is 3. The van der Waals surface area contributed by atoms with Gasteiger partial charge in [-0.3, -0.25) is 4.79 Å². The highest BCUT2D eigenvalue weighted by atomic mass is 35.5. The Morgan fingerprint density at radius 1 is 1.33 bits per heavy atom. The van der Waals surface area contributed by atoms with Crippen LogP contribution in [0, 0.1) is 11.8 Å². The number of rotatable bonds is 7. The van der Waals surface area contributed by atoms with Crippen LogP contribution in [0.4, 0.5) is 0 Å². The second kappa shape index (κ2) is 7.34. The van der Waals surface area contributed by atoms with Gasteiger partial charge in [0.15, 0.2) is 0 Å². The van der Waals surface area contributed by atoms with Crippen molar-refractivity contribution >= 4 is 17.5 Å². The van der Waals surface area contributed by atoms with Crippen LogP contribution >= 0.6 is 11.6 Å². The van der Waals surface area contributed by atoms with Gasteiger partial charge in [0.05, 0.1) is 0 Å². The fraction of sp³-hybridized carbons (Fsp3) is 0.500. The van der Waals surface area contributed by atoms with Gasteiger partial charge in [0.25, 0.3) is 0 Å². The number of aromatic nitrogens is 2. The van der Waals surface area contributed by atoms with Crippen LogP contribution in [-0.2, 0) is 11.2 Å². The average Bonchev–Trinajstić information content (AvgIpc) is 3.30. The molecule has 5 nitrogen and oxygen atoms in total. The van der Waals surface area contributed by atoms with Crippen molar-refractivity contribution in [2.24, 2.45) is 11.8 Å². The molecule has 1 saturated carbocycles. The fourth-order valence-electron chi connectivity index (χ4n) is 2.62. The lowest BCUT2D eigenvalue weighted by molar-refractivity contribution is -0.133. The van der Waals surface area contributed by atoms with Crippen molar-refractivity contribution in [2.45, 2.75) is 33.1 Å². The molecule has 1 aromatic heterocycles. The largest absolute Gasteiger partial charge is 0.342 e. The molecule has 3 rings (SSSR count). The Hall–Kier alpha value is -1.88. The summed E-state index contributed by atoms with van der Waals surface area (Å²) >= 11 is 5.89. The smallest absolute Gasteiger partial charge is 0.228 e. The van der Waals surface area contributed by atoms with E-state index in [1.807, 2.05) is 17.0 Å².